The van der Waals surface area contributed by atoms with Crippen LogP contribution in [0.4, 0.5) is 5.69 Å². The van der Waals surface area contributed by atoms with Crippen LogP contribution in [0.3, 0.4) is 0 Å². The minimum Gasteiger partial charge on any atom is -0.383 e. The van der Waals surface area contributed by atoms with Crippen molar-refractivity contribution in [1.82, 2.24) is 9.62 Å². The molecule has 0 spiro atoms. The van der Waals surface area contributed by atoms with Crippen LogP contribution in [0.5, 0.6) is 0 Å². The van der Waals surface area contributed by atoms with Crippen LogP contribution < -0.4 is 15.9 Å². The Bertz CT molecular complexity index is 898. The molecule has 2 aliphatic heterocycles. The average Bonchev–Trinajstić information content (AvgIpc) is 2.75. The third-order valence-corrected chi connectivity index (χ3v) is 7.52. The Labute approximate surface area is 184 Å². The molecular formula is C21H35N6O3S+. The van der Waals surface area contributed by atoms with Gasteiger partial charge in [-0.15, -0.1) is 0 Å². The fourth-order valence-corrected chi connectivity index (χ4v) is 5.79. The van der Waals surface area contributed by atoms with Crippen molar-refractivity contribution in [2.24, 2.45) is 11.8 Å². The minimum atomic E-state index is -3.89. The van der Waals surface area contributed by atoms with E-state index in [1.807, 2.05) is 6.07 Å². The van der Waals surface area contributed by atoms with Crippen molar-refractivity contribution < 1.29 is 18.0 Å². The average molecular weight is 452 g/mol. The molecule has 0 radical (unpaired) electrons. The first-order valence-corrected chi connectivity index (χ1v) is 12.7. The van der Waals surface area contributed by atoms with Crippen LogP contribution in [0.25, 0.3) is 0 Å². The summed E-state index contributed by atoms with van der Waals surface area (Å²) in [5.74, 6) is 5.62. The number of likely N-dealkylation sites (tertiary alicyclic amines) is 1. The number of carbonyl (C=O) groups is 1. The Kier molecular flexibility index (Phi) is 7.88. The molecule has 1 saturated heterocycles. The van der Waals surface area contributed by atoms with Gasteiger partial charge in [0.25, 0.3) is 0 Å². The smallest absolute Gasteiger partial charge is 0.243 e. The number of nitrogens with two attached hydrogens (primary N) is 1. The number of anilines is 1. The number of piperidine rings is 1. The second-order valence-electron chi connectivity index (χ2n) is 8.73. The molecule has 172 valence electrons. The van der Waals surface area contributed by atoms with E-state index in [-0.39, 0.29) is 10.8 Å². The van der Waals surface area contributed by atoms with Gasteiger partial charge < -0.3 is 10.2 Å². The summed E-state index contributed by atoms with van der Waals surface area (Å²) in [6, 6.07) is 4.49. The summed E-state index contributed by atoms with van der Waals surface area (Å²) in [6.45, 7) is 4.55. The first-order chi connectivity index (χ1) is 14.8. The molecule has 0 aliphatic carbocycles. The second-order valence-corrected chi connectivity index (χ2v) is 10.4. The van der Waals surface area contributed by atoms with Crippen LogP contribution in [0.15, 0.2) is 23.1 Å². The molecule has 3 rings (SSSR count). The Morgan fingerprint density at radius 2 is 2.06 bits per heavy atom. The van der Waals surface area contributed by atoms with Crippen molar-refractivity contribution in [1.29, 1.82) is 5.53 Å². The summed E-state index contributed by atoms with van der Waals surface area (Å²) in [5.41, 5.74) is 8.91. The van der Waals surface area contributed by atoms with Gasteiger partial charge >= 0.3 is 0 Å². The Hall–Kier alpha value is -2.20. The zero-order valence-electron chi connectivity index (χ0n) is 18.3. The lowest BCUT2D eigenvalue weighted by Crippen LogP contribution is -2.50. The first kappa shape index (κ1) is 23.5. The maximum absolute atomic E-state index is 13.3. The summed E-state index contributed by atoms with van der Waals surface area (Å²) in [4.78, 5) is 16.0. The molecule has 0 aromatic heterocycles. The number of amides is 1. The van der Waals surface area contributed by atoms with Crippen molar-refractivity contribution in [3.63, 3.8) is 0 Å². The van der Waals surface area contributed by atoms with E-state index in [4.69, 9.17) is 11.4 Å². The fraction of sp³-hybridized carbons (Fsp3) is 0.667. The quantitative estimate of drug-likeness (QED) is 0.150. The summed E-state index contributed by atoms with van der Waals surface area (Å²) < 4.78 is 29.4. The summed E-state index contributed by atoms with van der Waals surface area (Å²) in [7, 11) is -3.89. The van der Waals surface area contributed by atoms with Gasteiger partial charge in [-0.3, -0.25) is 4.79 Å². The van der Waals surface area contributed by atoms with E-state index in [1.165, 1.54) is 0 Å². The number of hydrogen-bond acceptors (Lipinski definition) is 5. The first-order valence-electron chi connectivity index (χ1n) is 11.2. The normalized spacial score (nSPS) is 19.9. The number of sulfonamides is 1. The van der Waals surface area contributed by atoms with Gasteiger partial charge in [-0.1, -0.05) is 19.1 Å². The van der Waals surface area contributed by atoms with E-state index < -0.39 is 16.1 Å². The molecule has 0 saturated carbocycles. The number of nitrogens with zero attached hydrogens (tertiary/aromatic N) is 2. The number of para-hydroxylation sites is 1. The second kappa shape index (κ2) is 10.4. The molecular weight excluding hydrogens is 416 g/mol. The molecule has 1 amide bonds. The fourth-order valence-electron chi connectivity index (χ4n) is 4.34. The topological polar surface area (TPSA) is 131 Å². The van der Waals surface area contributed by atoms with Gasteiger partial charge in [-0.05, 0) is 66.4 Å². The molecule has 1 fully saturated rings. The van der Waals surface area contributed by atoms with Gasteiger partial charge in [0.05, 0.1) is 5.69 Å². The highest BCUT2D eigenvalue weighted by Gasteiger charge is 2.32. The highest BCUT2D eigenvalue weighted by molar-refractivity contribution is 7.89. The van der Waals surface area contributed by atoms with E-state index in [2.05, 4.69) is 17.0 Å². The molecule has 2 atom stereocenters. The molecule has 2 heterocycles. The Morgan fingerprint density at radius 3 is 2.77 bits per heavy atom. The number of fused-ring (bicyclic) bond motifs is 1. The van der Waals surface area contributed by atoms with E-state index in [0.29, 0.717) is 50.5 Å². The SMILES string of the molecule is CC1CNc2c(cccc2S(=O)(=O)N[C@@H](CCCC[N+](=N)N)C(=O)N2CCCCC2)C1. The van der Waals surface area contributed by atoms with E-state index >= 15 is 0 Å². The van der Waals surface area contributed by atoms with E-state index in [1.54, 1.807) is 17.0 Å². The highest BCUT2D eigenvalue weighted by atomic mass is 32.2. The molecule has 31 heavy (non-hydrogen) atoms. The minimum absolute atomic E-state index is 0.162. The monoisotopic (exact) mass is 451 g/mol. The lowest BCUT2D eigenvalue weighted by Gasteiger charge is -2.31. The van der Waals surface area contributed by atoms with Gasteiger partial charge in [0, 0.05) is 26.1 Å². The molecule has 2 aliphatic rings. The summed E-state index contributed by atoms with van der Waals surface area (Å²) in [6.07, 6.45) is 5.40. The zero-order chi connectivity index (χ0) is 22.4. The standard InChI is InChI=1S/C21H35N6O3S/c1-16-14-17-8-7-10-19(20(17)24-15-16)31(29,30)25-18(9-3-6-13-27(22)23)21(28)26-11-4-2-5-12-26/h7-8,10,16,18,24-25H,2-6,9,11-15H2,1H3,(H3,22,23)/q+1/t16?,18-/m0/s1. The molecule has 1 aromatic rings. The van der Waals surface area contributed by atoms with E-state index in [0.717, 1.165) is 42.6 Å². The lowest BCUT2D eigenvalue weighted by molar-refractivity contribution is -0.626. The van der Waals surface area contributed by atoms with Crippen LogP contribution in [-0.4, -0.2) is 56.3 Å². The van der Waals surface area contributed by atoms with Gasteiger partial charge in [0.15, 0.2) is 6.54 Å². The maximum Gasteiger partial charge on any atom is 0.243 e. The maximum atomic E-state index is 13.3. The lowest BCUT2D eigenvalue weighted by atomic mass is 9.96. The van der Waals surface area contributed by atoms with Crippen molar-refractivity contribution in [2.45, 2.75) is 62.8 Å². The number of unbranched alkanes of at least 4 members (excludes halogenated alkanes) is 1. The number of rotatable bonds is 9. The van der Waals surface area contributed by atoms with Crippen LogP contribution in [0.2, 0.25) is 0 Å². The van der Waals surface area contributed by atoms with Crippen molar-refractivity contribution in [3.05, 3.63) is 23.8 Å². The highest BCUT2D eigenvalue weighted by Crippen LogP contribution is 2.31. The molecule has 10 heteroatoms. The predicted octanol–water partition coefficient (Wildman–Crippen LogP) is 2.04. The van der Waals surface area contributed by atoms with Gasteiger partial charge in [-0.2, -0.15) is 10.6 Å². The predicted molar refractivity (Wildman–Crippen MR) is 118 cm³/mol. The van der Waals surface area contributed by atoms with Crippen molar-refractivity contribution in [3.8, 4) is 0 Å². The van der Waals surface area contributed by atoms with Crippen molar-refractivity contribution in [2.75, 3.05) is 31.5 Å². The number of carbonyl (C=O) groups excluding carboxylic acids is 1. The van der Waals surface area contributed by atoms with Crippen LogP contribution in [-0.2, 0) is 21.2 Å². The largest absolute Gasteiger partial charge is 0.383 e. The Morgan fingerprint density at radius 1 is 1.32 bits per heavy atom. The van der Waals surface area contributed by atoms with Gasteiger partial charge in [0.2, 0.25) is 15.9 Å². The number of nitrogens with one attached hydrogen (secondary N) is 3. The summed E-state index contributed by atoms with van der Waals surface area (Å²) >= 11 is 0. The van der Waals surface area contributed by atoms with Crippen molar-refractivity contribution >= 4 is 21.6 Å². The molecule has 1 aromatic carbocycles. The molecule has 0 bridgehead atoms. The van der Waals surface area contributed by atoms with Crippen LogP contribution >= 0.6 is 0 Å². The number of hydrogen-bond donors (Lipinski definition) is 4. The zero-order valence-corrected chi connectivity index (χ0v) is 19.1. The Balaban J connectivity index is 1.79. The third kappa shape index (κ3) is 6.16. The number of benzene rings is 1. The van der Waals surface area contributed by atoms with E-state index in [9.17, 15) is 13.2 Å². The third-order valence-electron chi connectivity index (χ3n) is 6.00. The summed E-state index contributed by atoms with van der Waals surface area (Å²) in [5, 5.41) is 3.26. The van der Waals surface area contributed by atoms with Crippen LogP contribution in [0.1, 0.15) is 51.0 Å². The van der Waals surface area contributed by atoms with Crippen LogP contribution in [0, 0.1) is 11.4 Å². The molecule has 1 unspecified atom stereocenters. The molecule has 5 N–H and O–H groups in total. The number of hydrazine groups is 1. The van der Waals surface area contributed by atoms with Gasteiger partial charge in [-0.25, -0.2) is 8.42 Å². The molecule has 9 nitrogen and oxygen atoms in total. The van der Waals surface area contributed by atoms with Gasteiger partial charge in [0.1, 0.15) is 10.9 Å².